The number of fused-ring (bicyclic) bond motifs is 1. The third kappa shape index (κ3) is 3.87. The summed E-state index contributed by atoms with van der Waals surface area (Å²) in [5, 5.41) is 7.51. The summed E-state index contributed by atoms with van der Waals surface area (Å²) >= 11 is 3.09. The largest absolute Gasteiger partial charge is 0.351 e. The molecule has 3 N–H and O–H groups in total. The number of nitrogens with one attached hydrogen (secondary N) is 3. The van der Waals surface area contributed by atoms with Crippen LogP contribution in [0.15, 0.2) is 27.7 Å². The van der Waals surface area contributed by atoms with Crippen LogP contribution in [-0.4, -0.2) is 36.0 Å². The maximum atomic E-state index is 12.7. The molecular formula is C18H23N4O2S2+. The van der Waals surface area contributed by atoms with Crippen LogP contribution in [-0.2, 0) is 4.79 Å². The van der Waals surface area contributed by atoms with Gasteiger partial charge in [-0.05, 0) is 24.8 Å². The number of quaternary nitrogens is 1. The highest BCUT2D eigenvalue weighted by atomic mass is 32.1. The lowest BCUT2D eigenvalue weighted by molar-refractivity contribution is -0.903. The fraction of sp³-hybridized carbons (Fsp3) is 0.389. The van der Waals surface area contributed by atoms with Gasteiger partial charge in [0.1, 0.15) is 10.9 Å². The molecule has 0 radical (unpaired) electrons. The second-order valence-electron chi connectivity index (χ2n) is 6.35. The monoisotopic (exact) mass is 391 g/mol. The van der Waals surface area contributed by atoms with E-state index in [1.54, 1.807) is 11.3 Å². The number of aromatic amines is 1. The zero-order valence-corrected chi connectivity index (χ0v) is 16.7. The maximum Gasteiger partial charge on any atom is 0.275 e. The number of carbonyl (C=O) groups is 1. The van der Waals surface area contributed by atoms with Crippen LogP contribution in [0.5, 0.6) is 0 Å². The van der Waals surface area contributed by atoms with Gasteiger partial charge < -0.3 is 15.2 Å². The predicted molar refractivity (Wildman–Crippen MR) is 107 cm³/mol. The molecule has 0 saturated carbocycles. The Morgan fingerprint density at radius 1 is 1.42 bits per heavy atom. The highest BCUT2D eigenvalue weighted by Gasteiger charge is 2.22. The number of hydrogen-bond donors (Lipinski definition) is 3. The first-order valence-electron chi connectivity index (χ1n) is 8.65. The molecule has 0 aliphatic rings. The van der Waals surface area contributed by atoms with Crippen molar-refractivity contribution < 1.29 is 9.69 Å². The van der Waals surface area contributed by atoms with E-state index in [2.05, 4.69) is 15.3 Å². The molecule has 0 aliphatic carbocycles. The Morgan fingerprint density at radius 2 is 2.23 bits per heavy atom. The lowest BCUT2D eigenvalue weighted by Crippen LogP contribution is -3.10. The SMILES string of the molecule is CCCNC(=O)C[NH+](C)[C@@H](C)c1nc2scc(-c3cccs3)c2c(=O)[nH]1. The van der Waals surface area contributed by atoms with Crippen molar-refractivity contribution in [1.82, 2.24) is 15.3 Å². The van der Waals surface area contributed by atoms with Crippen LogP contribution in [0, 0.1) is 0 Å². The van der Waals surface area contributed by atoms with E-state index in [4.69, 9.17) is 0 Å². The van der Waals surface area contributed by atoms with Gasteiger partial charge >= 0.3 is 0 Å². The number of thiophene rings is 2. The molecule has 0 saturated heterocycles. The predicted octanol–water partition coefficient (Wildman–Crippen LogP) is 1.81. The average Bonchev–Trinajstić information content (AvgIpc) is 3.28. The van der Waals surface area contributed by atoms with E-state index in [0.29, 0.717) is 24.3 Å². The first-order valence-corrected chi connectivity index (χ1v) is 10.4. The summed E-state index contributed by atoms with van der Waals surface area (Å²) in [6, 6.07) is 3.89. The molecule has 3 heterocycles. The van der Waals surface area contributed by atoms with Crippen LogP contribution in [0.2, 0.25) is 0 Å². The second-order valence-corrected chi connectivity index (χ2v) is 8.16. The number of hydrogen-bond acceptors (Lipinski definition) is 5. The number of likely N-dealkylation sites (N-methyl/N-ethyl adjacent to an activating group) is 1. The first kappa shape index (κ1) is 18.8. The highest BCUT2D eigenvalue weighted by molar-refractivity contribution is 7.18. The molecule has 1 amide bonds. The molecule has 26 heavy (non-hydrogen) atoms. The molecule has 0 aliphatic heterocycles. The van der Waals surface area contributed by atoms with Crippen LogP contribution in [0.1, 0.15) is 32.1 Å². The van der Waals surface area contributed by atoms with Crippen LogP contribution in [0.25, 0.3) is 20.7 Å². The van der Waals surface area contributed by atoms with Gasteiger partial charge in [0, 0.05) is 22.4 Å². The molecule has 8 heteroatoms. The summed E-state index contributed by atoms with van der Waals surface area (Å²) in [7, 11) is 1.94. The molecule has 6 nitrogen and oxygen atoms in total. The fourth-order valence-corrected chi connectivity index (χ4v) is 4.52. The van der Waals surface area contributed by atoms with Gasteiger partial charge in [-0.15, -0.1) is 22.7 Å². The zero-order valence-electron chi connectivity index (χ0n) is 15.1. The second kappa shape index (κ2) is 8.11. The van der Waals surface area contributed by atoms with Crippen molar-refractivity contribution in [2.75, 3.05) is 20.1 Å². The minimum absolute atomic E-state index is 0.00994. The quantitative estimate of drug-likeness (QED) is 0.575. The van der Waals surface area contributed by atoms with E-state index < -0.39 is 0 Å². The summed E-state index contributed by atoms with van der Waals surface area (Å²) < 4.78 is 0. The van der Waals surface area contributed by atoms with Gasteiger partial charge in [0.25, 0.3) is 11.5 Å². The van der Waals surface area contributed by atoms with Crippen molar-refractivity contribution in [2.45, 2.75) is 26.3 Å². The van der Waals surface area contributed by atoms with Crippen molar-refractivity contribution in [3.63, 3.8) is 0 Å². The van der Waals surface area contributed by atoms with E-state index in [0.717, 1.165) is 26.6 Å². The third-order valence-electron chi connectivity index (χ3n) is 4.41. The van der Waals surface area contributed by atoms with Crippen LogP contribution >= 0.6 is 22.7 Å². The standard InChI is InChI=1S/C18H22N4O2S2/c1-4-7-19-14(23)9-22(3)11(2)16-20-17(24)15-12(10-26-18(15)21-16)13-6-5-8-25-13/h5-6,8,10-11H,4,7,9H2,1-3H3,(H,19,23)(H,20,21,24)/p+1/t11-/m0/s1. The number of rotatable bonds is 7. The molecule has 0 aromatic carbocycles. The van der Waals surface area contributed by atoms with E-state index in [1.165, 1.54) is 11.3 Å². The zero-order chi connectivity index (χ0) is 18.7. The first-order chi connectivity index (χ1) is 12.5. The van der Waals surface area contributed by atoms with Gasteiger partial charge in [0.2, 0.25) is 0 Å². The van der Waals surface area contributed by atoms with E-state index in [9.17, 15) is 9.59 Å². The van der Waals surface area contributed by atoms with E-state index in [1.807, 2.05) is 43.8 Å². The summed E-state index contributed by atoms with van der Waals surface area (Å²) in [4.78, 5) is 35.0. The fourth-order valence-electron chi connectivity index (χ4n) is 2.75. The Labute approximate surface area is 159 Å². The Balaban J connectivity index is 1.85. The van der Waals surface area contributed by atoms with Gasteiger partial charge in [-0.1, -0.05) is 13.0 Å². The van der Waals surface area contributed by atoms with Crippen molar-refractivity contribution in [3.05, 3.63) is 39.1 Å². The maximum absolute atomic E-state index is 12.7. The Bertz CT molecular complexity index is 946. The smallest absolute Gasteiger partial charge is 0.275 e. The van der Waals surface area contributed by atoms with Crippen molar-refractivity contribution in [3.8, 4) is 10.4 Å². The molecule has 3 aromatic rings. The minimum atomic E-state index is -0.121. The van der Waals surface area contributed by atoms with Crippen molar-refractivity contribution in [1.29, 1.82) is 0 Å². The number of aromatic nitrogens is 2. The number of carbonyl (C=O) groups excluding carboxylic acids is 1. The van der Waals surface area contributed by atoms with Gasteiger partial charge in [-0.25, -0.2) is 4.98 Å². The van der Waals surface area contributed by atoms with Gasteiger partial charge in [0.05, 0.1) is 12.4 Å². The number of amides is 1. The lowest BCUT2D eigenvalue weighted by Gasteiger charge is -2.20. The molecule has 138 valence electrons. The summed E-state index contributed by atoms with van der Waals surface area (Å²) in [6.45, 7) is 5.02. The molecule has 0 fully saturated rings. The minimum Gasteiger partial charge on any atom is -0.351 e. The Kier molecular flexibility index (Phi) is 5.85. The molecular weight excluding hydrogens is 368 g/mol. The Hall–Kier alpha value is -2.03. The van der Waals surface area contributed by atoms with Gasteiger partial charge in [-0.2, -0.15) is 0 Å². The third-order valence-corrected chi connectivity index (χ3v) is 6.19. The van der Waals surface area contributed by atoms with Crippen LogP contribution in [0.4, 0.5) is 0 Å². The number of H-pyrrole nitrogens is 1. The molecule has 3 aromatic heterocycles. The molecule has 2 atom stereocenters. The summed E-state index contributed by atoms with van der Waals surface area (Å²) in [6.07, 6.45) is 0.914. The van der Waals surface area contributed by atoms with Crippen LogP contribution in [0.3, 0.4) is 0 Å². The topological polar surface area (TPSA) is 79.3 Å². The normalized spacial score (nSPS) is 13.7. The van der Waals surface area contributed by atoms with Gasteiger partial charge in [0.15, 0.2) is 12.4 Å². The number of nitrogens with zero attached hydrogens (tertiary/aromatic N) is 1. The Morgan fingerprint density at radius 3 is 2.92 bits per heavy atom. The average molecular weight is 392 g/mol. The highest BCUT2D eigenvalue weighted by Crippen LogP contribution is 2.33. The van der Waals surface area contributed by atoms with Crippen molar-refractivity contribution in [2.24, 2.45) is 0 Å². The van der Waals surface area contributed by atoms with Crippen molar-refractivity contribution >= 4 is 38.8 Å². The molecule has 3 rings (SSSR count). The van der Waals surface area contributed by atoms with Gasteiger partial charge in [-0.3, -0.25) is 9.59 Å². The molecule has 0 spiro atoms. The lowest BCUT2D eigenvalue weighted by atomic mass is 10.2. The summed E-state index contributed by atoms with van der Waals surface area (Å²) in [5.41, 5.74) is 0.817. The van der Waals surface area contributed by atoms with E-state index >= 15 is 0 Å². The molecule has 1 unspecified atom stereocenters. The summed E-state index contributed by atoms with van der Waals surface area (Å²) in [5.74, 6) is 0.624. The molecule has 0 bridgehead atoms. The van der Waals surface area contributed by atoms with E-state index in [-0.39, 0.29) is 17.5 Å². The van der Waals surface area contributed by atoms with Crippen LogP contribution < -0.4 is 15.8 Å².